The lowest BCUT2D eigenvalue weighted by molar-refractivity contribution is -0.138. The van der Waals surface area contributed by atoms with Crippen LogP contribution in [-0.2, 0) is 15.0 Å². The summed E-state index contributed by atoms with van der Waals surface area (Å²) in [4.78, 5) is 33.0. The van der Waals surface area contributed by atoms with Crippen molar-refractivity contribution in [1.82, 2.24) is 9.80 Å². The zero-order valence-electron chi connectivity index (χ0n) is 19.4. The predicted octanol–water partition coefficient (Wildman–Crippen LogP) is 3.59. The lowest BCUT2D eigenvalue weighted by Crippen LogP contribution is -2.55. The van der Waals surface area contributed by atoms with Crippen LogP contribution in [0.5, 0.6) is 0 Å². The smallest absolute Gasteiger partial charge is 0.235 e. The number of piperazine rings is 1. The highest BCUT2D eigenvalue weighted by Crippen LogP contribution is 2.44. The Morgan fingerprint density at radius 3 is 2.44 bits per heavy atom. The molecule has 32 heavy (non-hydrogen) atoms. The fraction of sp³-hybridized carbons (Fsp3) is 0.481. The number of amides is 2. The molecule has 0 aliphatic carbocycles. The molecule has 2 amide bonds. The van der Waals surface area contributed by atoms with Crippen LogP contribution in [-0.4, -0.2) is 60.4 Å². The molecule has 0 bridgehead atoms. The molecule has 0 N–H and O–H groups in total. The molecule has 3 aliphatic heterocycles. The molecule has 2 aromatic rings. The highest BCUT2D eigenvalue weighted by molar-refractivity contribution is 5.91. The number of rotatable bonds is 3. The van der Waals surface area contributed by atoms with Gasteiger partial charge in [0.2, 0.25) is 11.8 Å². The third kappa shape index (κ3) is 3.48. The van der Waals surface area contributed by atoms with Crippen LogP contribution < -0.4 is 4.90 Å². The first kappa shape index (κ1) is 21.0. The number of carbonyl (C=O) groups excluding carboxylic acids is 2. The summed E-state index contributed by atoms with van der Waals surface area (Å²) in [7, 11) is 0. The molecule has 3 heterocycles. The van der Waals surface area contributed by atoms with Crippen LogP contribution in [0.1, 0.15) is 41.5 Å². The van der Waals surface area contributed by atoms with E-state index in [1.165, 1.54) is 16.8 Å². The van der Waals surface area contributed by atoms with Gasteiger partial charge in [0.25, 0.3) is 0 Å². The lowest BCUT2D eigenvalue weighted by atomic mass is 9.76. The number of aryl methyl sites for hydroxylation is 3. The first-order valence-corrected chi connectivity index (χ1v) is 11.9. The third-order valence-corrected chi connectivity index (χ3v) is 7.73. The largest absolute Gasteiger partial charge is 0.368 e. The molecule has 2 atom stereocenters. The van der Waals surface area contributed by atoms with Crippen LogP contribution in [0.15, 0.2) is 42.5 Å². The van der Waals surface area contributed by atoms with E-state index in [4.69, 9.17) is 0 Å². The van der Waals surface area contributed by atoms with E-state index in [1.807, 2.05) is 11.0 Å². The van der Waals surface area contributed by atoms with Gasteiger partial charge in [-0.05, 0) is 56.4 Å². The van der Waals surface area contributed by atoms with Gasteiger partial charge in [-0.1, -0.05) is 42.0 Å². The fourth-order valence-electron chi connectivity index (χ4n) is 5.92. The second kappa shape index (κ2) is 7.95. The maximum absolute atomic E-state index is 14.1. The summed E-state index contributed by atoms with van der Waals surface area (Å²) in [6, 6.07) is 15.1. The molecule has 3 fully saturated rings. The molecule has 0 unspecified atom stereocenters. The van der Waals surface area contributed by atoms with Gasteiger partial charge >= 0.3 is 0 Å². The van der Waals surface area contributed by atoms with Crippen molar-refractivity contribution in [2.45, 2.75) is 51.5 Å². The van der Waals surface area contributed by atoms with E-state index in [1.54, 1.807) is 0 Å². The summed E-state index contributed by atoms with van der Waals surface area (Å²) in [5.41, 5.74) is 5.43. The first-order chi connectivity index (χ1) is 15.4. The average Bonchev–Trinajstić information content (AvgIpc) is 3.35. The van der Waals surface area contributed by atoms with E-state index in [0.717, 1.165) is 50.1 Å². The highest BCUT2D eigenvalue weighted by atomic mass is 16.2. The molecule has 0 aromatic heterocycles. The number of fused-ring (bicyclic) bond motifs is 1. The maximum atomic E-state index is 14.1. The summed E-state index contributed by atoms with van der Waals surface area (Å²) >= 11 is 0. The van der Waals surface area contributed by atoms with Gasteiger partial charge in [0.1, 0.15) is 0 Å². The minimum Gasteiger partial charge on any atom is -0.368 e. The fourth-order valence-corrected chi connectivity index (χ4v) is 5.92. The van der Waals surface area contributed by atoms with Crippen molar-refractivity contribution in [3.8, 4) is 0 Å². The normalized spacial score (nSPS) is 25.4. The zero-order chi connectivity index (χ0) is 22.5. The standard InChI is InChI=1S/C27H33N3O2/c1-19-5-4-6-22(15-19)27(17-23-9-10-25(31)30(23)18-27)26(32)29-13-11-28(12-14-29)24-16-20(2)7-8-21(24)3/h4-8,15-16,23H,9-14,17-18H2,1-3H3/t23-,27-/m0/s1. The van der Waals surface area contributed by atoms with E-state index >= 15 is 0 Å². The van der Waals surface area contributed by atoms with Crippen molar-refractivity contribution >= 4 is 17.5 Å². The second-order valence-electron chi connectivity index (χ2n) is 9.94. The maximum Gasteiger partial charge on any atom is 0.235 e. The average molecular weight is 432 g/mol. The molecule has 0 saturated carbocycles. The van der Waals surface area contributed by atoms with Crippen LogP contribution in [0.4, 0.5) is 5.69 Å². The van der Waals surface area contributed by atoms with Crippen LogP contribution in [0, 0.1) is 20.8 Å². The van der Waals surface area contributed by atoms with Crippen molar-refractivity contribution in [3.63, 3.8) is 0 Å². The van der Waals surface area contributed by atoms with E-state index in [0.29, 0.717) is 13.0 Å². The Balaban J connectivity index is 1.40. The third-order valence-electron chi connectivity index (χ3n) is 7.73. The van der Waals surface area contributed by atoms with Crippen molar-refractivity contribution in [2.75, 3.05) is 37.6 Å². The molecule has 0 radical (unpaired) electrons. The summed E-state index contributed by atoms with van der Waals surface area (Å²) in [5.74, 6) is 0.406. The number of nitrogens with zero attached hydrogens (tertiary/aromatic N) is 3. The molecular formula is C27H33N3O2. The Hall–Kier alpha value is -2.82. The van der Waals surface area contributed by atoms with Gasteiger partial charge in [-0.25, -0.2) is 0 Å². The van der Waals surface area contributed by atoms with Crippen molar-refractivity contribution in [3.05, 3.63) is 64.7 Å². The van der Waals surface area contributed by atoms with Gasteiger partial charge in [0.05, 0.1) is 5.41 Å². The van der Waals surface area contributed by atoms with Crippen molar-refractivity contribution in [2.24, 2.45) is 0 Å². The minimum atomic E-state index is -0.617. The monoisotopic (exact) mass is 431 g/mol. The quantitative estimate of drug-likeness (QED) is 0.746. The van der Waals surface area contributed by atoms with Crippen molar-refractivity contribution in [1.29, 1.82) is 0 Å². The minimum absolute atomic E-state index is 0.197. The molecule has 0 spiro atoms. The summed E-state index contributed by atoms with van der Waals surface area (Å²) in [6.45, 7) is 10.0. The van der Waals surface area contributed by atoms with E-state index in [2.05, 4.69) is 67.0 Å². The van der Waals surface area contributed by atoms with E-state index < -0.39 is 5.41 Å². The Morgan fingerprint density at radius 1 is 0.969 bits per heavy atom. The number of benzene rings is 2. The SMILES string of the molecule is Cc1cccc([C@]2(C(=O)N3CCN(c4cc(C)ccc4C)CC3)C[C@@H]3CCC(=O)N3C2)c1. The Labute approximate surface area is 191 Å². The van der Waals surface area contributed by atoms with E-state index in [-0.39, 0.29) is 17.9 Å². The van der Waals surface area contributed by atoms with Gasteiger partial charge in [0.15, 0.2) is 0 Å². The zero-order valence-corrected chi connectivity index (χ0v) is 19.4. The van der Waals surface area contributed by atoms with Gasteiger partial charge in [-0.2, -0.15) is 0 Å². The van der Waals surface area contributed by atoms with Gasteiger partial charge in [-0.15, -0.1) is 0 Å². The van der Waals surface area contributed by atoms with Gasteiger partial charge in [-0.3, -0.25) is 9.59 Å². The second-order valence-corrected chi connectivity index (χ2v) is 9.94. The van der Waals surface area contributed by atoms with Crippen LogP contribution in [0.2, 0.25) is 0 Å². The van der Waals surface area contributed by atoms with Crippen LogP contribution in [0.3, 0.4) is 0 Å². The number of anilines is 1. The number of hydrogen-bond acceptors (Lipinski definition) is 3. The van der Waals surface area contributed by atoms with Gasteiger partial charge < -0.3 is 14.7 Å². The number of hydrogen-bond donors (Lipinski definition) is 0. The molecule has 5 nitrogen and oxygen atoms in total. The topological polar surface area (TPSA) is 43.9 Å². The van der Waals surface area contributed by atoms with E-state index in [9.17, 15) is 9.59 Å². The molecule has 5 heteroatoms. The van der Waals surface area contributed by atoms with Crippen LogP contribution in [0.25, 0.3) is 0 Å². The Kier molecular flexibility index (Phi) is 5.23. The predicted molar refractivity (Wildman–Crippen MR) is 127 cm³/mol. The highest BCUT2D eigenvalue weighted by Gasteiger charge is 2.55. The molecule has 2 aromatic carbocycles. The molecule has 168 valence electrons. The van der Waals surface area contributed by atoms with Crippen molar-refractivity contribution < 1.29 is 9.59 Å². The van der Waals surface area contributed by atoms with Gasteiger partial charge in [0, 0.05) is 50.9 Å². The summed E-state index contributed by atoms with van der Waals surface area (Å²) < 4.78 is 0. The Bertz CT molecular complexity index is 1060. The summed E-state index contributed by atoms with van der Waals surface area (Å²) in [6.07, 6.45) is 2.25. The molecule has 5 rings (SSSR count). The molecule has 3 saturated heterocycles. The molecule has 3 aliphatic rings. The number of carbonyl (C=O) groups is 2. The Morgan fingerprint density at radius 2 is 1.72 bits per heavy atom. The van der Waals surface area contributed by atoms with Crippen LogP contribution >= 0.6 is 0 Å². The molecular weight excluding hydrogens is 398 g/mol. The lowest BCUT2D eigenvalue weighted by Gasteiger charge is -2.41. The first-order valence-electron chi connectivity index (χ1n) is 11.9. The summed E-state index contributed by atoms with van der Waals surface area (Å²) in [5, 5.41) is 0.